The Labute approximate surface area is 182 Å². The van der Waals surface area contributed by atoms with Gasteiger partial charge in [0.05, 0.1) is 12.6 Å². The Morgan fingerprint density at radius 2 is 2.06 bits per heavy atom. The number of hydrogen-bond donors (Lipinski definition) is 1. The maximum atomic E-state index is 14.0. The third kappa shape index (κ3) is 4.90. The number of carbonyl (C=O) groups is 1. The molecule has 31 heavy (non-hydrogen) atoms. The zero-order valence-corrected chi connectivity index (χ0v) is 18.2. The number of benzene rings is 2. The van der Waals surface area contributed by atoms with Crippen molar-refractivity contribution in [3.63, 3.8) is 0 Å². The van der Waals surface area contributed by atoms with Gasteiger partial charge in [0, 0.05) is 31.6 Å². The number of ether oxygens (including phenoxy) is 1. The van der Waals surface area contributed by atoms with Crippen molar-refractivity contribution >= 4 is 16.8 Å². The van der Waals surface area contributed by atoms with E-state index in [1.165, 1.54) is 11.6 Å². The van der Waals surface area contributed by atoms with E-state index in [4.69, 9.17) is 4.74 Å². The van der Waals surface area contributed by atoms with Gasteiger partial charge in [-0.3, -0.25) is 9.69 Å². The molecule has 0 bridgehead atoms. The number of methoxy groups -OCH3 is 1. The van der Waals surface area contributed by atoms with E-state index >= 15 is 0 Å². The van der Waals surface area contributed by atoms with E-state index in [0.717, 1.165) is 43.6 Å². The maximum Gasteiger partial charge on any atom is 0.270 e. The van der Waals surface area contributed by atoms with Gasteiger partial charge in [0.1, 0.15) is 17.3 Å². The molecule has 0 spiro atoms. The van der Waals surface area contributed by atoms with Crippen molar-refractivity contribution in [1.29, 1.82) is 0 Å². The molecule has 0 aliphatic carbocycles. The van der Waals surface area contributed by atoms with Crippen molar-refractivity contribution < 1.29 is 13.9 Å². The van der Waals surface area contributed by atoms with Crippen LogP contribution in [0.4, 0.5) is 4.39 Å². The molecule has 4 rings (SSSR count). The fraction of sp³-hybridized carbons (Fsp3) is 0.400. The standard InChI is InChI=1S/C25H30FN3O2/c1-3-29(25(30)23-14-20-7-4-8-22(26)24(20)27-23)17-19-6-5-13-28(16-19)15-18-9-11-21(31-2)12-10-18/h4,7-12,14,19,27H,3,5-6,13,15-17H2,1-2H3. The number of nitrogens with zero attached hydrogens (tertiary/aromatic N) is 2. The van der Waals surface area contributed by atoms with Gasteiger partial charge in [-0.05, 0) is 62.1 Å². The lowest BCUT2D eigenvalue weighted by molar-refractivity contribution is 0.0680. The molecule has 164 valence electrons. The van der Waals surface area contributed by atoms with E-state index in [1.54, 1.807) is 19.2 Å². The molecule has 1 aliphatic heterocycles. The van der Waals surface area contributed by atoms with E-state index in [1.807, 2.05) is 30.0 Å². The van der Waals surface area contributed by atoms with Gasteiger partial charge in [-0.1, -0.05) is 24.3 Å². The number of fused-ring (bicyclic) bond motifs is 1. The zero-order valence-electron chi connectivity index (χ0n) is 18.2. The number of amides is 1. The third-order valence-electron chi connectivity index (χ3n) is 6.15. The number of rotatable bonds is 7. The fourth-order valence-corrected chi connectivity index (χ4v) is 4.51. The summed E-state index contributed by atoms with van der Waals surface area (Å²) in [6, 6.07) is 14.9. The van der Waals surface area contributed by atoms with Gasteiger partial charge >= 0.3 is 0 Å². The van der Waals surface area contributed by atoms with Crippen LogP contribution in [0.1, 0.15) is 35.8 Å². The first-order valence-electron chi connectivity index (χ1n) is 11.0. The minimum absolute atomic E-state index is 0.0645. The number of piperidine rings is 1. The van der Waals surface area contributed by atoms with Crippen LogP contribution in [0.5, 0.6) is 5.75 Å². The number of carbonyl (C=O) groups excluding carboxylic acids is 1. The second-order valence-corrected chi connectivity index (χ2v) is 8.32. The second-order valence-electron chi connectivity index (χ2n) is 8.32. The largest absolute Gasteiger partial charge is 0.497 e. The van der Waals surface area contributed by atoms with Crippen LogP contribution >= 0.6 is 0 Å². The van der Waals surface area contributed by atoms with Crippen molar-refractivity contribution in [1.82, 2.24) is 14.8 Å². The van der Waals surface area contributed by atoms with Crippen molar-refractivity contribution in [3.8, 4) is 5.75 Å². The minimum Gasteiger partial charge on any atom is -0.497 e. The average Bonchev–Trinajstić information content (AvgIpc) is 3.24. The number of aromatic amines is 1. The summed E-state index contributed by atoms with van der Waals surface area (Å²) in [6.07, 6.45) is 2.24. The lowest BCUT2D eigenvalue weighted by Gasteiger charge is -2.35. The van der Waals surface area contributed by atoms with Gasteiger partial charge in [-0.15, -0.1) is 0 Å². The molecule has 1 aliphatic rings. The second kappa shape index (κ2) is 9.52. The highest BCUT2D eigenvalue weighted by atomic mass is 19.1. The Bertz CT molecular complexity index is 1030. The molecular formula is C25H30FN3O2. The number of H-pyrrole nitrogens is 1. The molecule has 6 heteroatoms. The summed E-state index contributed by atoms with van der Waals surface area (Å²) in [5.74, 6) is 0.901. The summed E-state index contributed by atoms with van der Waals surface area (Å²) >= 11 is 0. The van der Waals surface area contributed by atoms with Crippen molar-refractivity contribution in [2.45, 2.75) is 26.3 Å². The number of nitrogens with one attached hydrogen (secondary N) is 1. The molecule has 3 aromatic rings. The van der Waals surface area contributed by atoms with Crippen LogP contribution in [-0.2, 0) is 6.54 Å². The monoisotopic (exact) mass is 423 g/mol. The summed E-state index contributed by atoms with van der Waals surface area (Å²) in [7, 11) is 1.68. The highest BCUT2D eigenvalue weighted by Crippen LogP contribution is 2.23. The molecule has 5 nitrogen and oxygen atoms in total. The van der Waals surface area contributed by atoms with Crippen LogP contribution in [0.2, 0.25) is 0 Å². The molecule has 1 unspecified atom stereocenters. The quantitative estimate of drug-likeness (QED) is 0.600. The first-order valence-corrected chi connectivity index (χ1v) is 11.0. The van der Waals surface area contributed by atoms with Crippen LogP contribution in [0.15, 0.2) is 48.5 Å². The summed E-state index contributed by atoms with van der Waals surface area (Å²) in [4.78, 5) is 20.4. The smallest absolute Gasteiger partial charge is 0.270 e. The van der Waals surface area contributed by atoms with Crippen LogP contribution in [0, 0.1) is 11.7 Å². The van der Waals surface area contributed by atoms with Gasteiger partial charge in [0.2, 0.25) is 0 Å². The molecule has 2 aromatic carbocycles. The van der Waals surface area contributed by atoms with E-state index in [2.05, 4.69) is 22.0 Å². The highest BCUT2D eigenvalue weighted by Gasteiger charge is 2.25. The average molecular weight is 424 g/mol. The van der Waals surface area contributed by atoms with E-state index < -0.39 is 0 Å². The lowest BCUT2D eigenvalue weighted by Crippen LogP contribution is -2.42. The lowest BCUT2D eigenvalue weighted by atomic mass is 9.96. The molecule has 1 N–H and O–H groups in total. The molecule has 0 radical (unpaired) electrons. The van der Waals surface area contributed by atoms with Crippen LogP contribution in [0.25, 0.3) is 10.9 Å². The first-order chi connectivity index (χ1) is 15.1. The summed E-state index contributed by atoms with van der Waals surface area (Å²) < 4.78 is 19.3. The summed E-state index contributed by atoms with van der Waals surface area (Å²) in [5, 5.41) is 0.725. The first kappa shape index (κ1) is 21.4. The zero-order chi connectivity index (χ0) is 21.8. The molecule has 1 saturated heterocycles. The number of hydrogen-bond acceptors (Lipinski definition) is 3. The van der Waals surface area contributed by atoms with Gasteiger partial charge in [-0.25, -0.2) is 4.39 Å². The number of para-hydroxylation sites is 1. The molecule has 1 fully saturated rings. The molecule has 1 atom stereocenters. The van der Waals surface area contributed by atoms with Crippen LogP contribution < -0.4 is 4.74 Å². The Kier molecular flexibility index (Phi) is 6.56. The molecular weight excluding hydrogens is 393 g/mol. The van der Waals surface area contributed by atoms with Gasteiger partial charge < -0.3 is 14.6 Å². The Balaban J connectivity index is 1.39. The maximum absolute atomic E-state index is 14.0. The normalized spacial score (nSPS) is 17.1. The summed E-state index contributed by atoms with van der Waals surface area (Å²) in [5.41, 5.74) is 2.11. The molecule has 1 aromatic heterocycles. The van der Waals surface area contributed by atoms with E-state index in [0.29, 0.717) is 30.2 Å². The Morgan fingerprint density at radius 3 is 2.77 bits per heavy atom. The summed E-state index contributed by atoms with van der Waals surface area (Å²) in [6.45, 7) is 6.29. The Morgan fingerprint density at radius 1 is 1.26 bits per heavy atom. The number of likely N-dealkylation sites (tertiary alicyclic amines) is 1. The van der Waals surface area contributed by atoms with Crippen LogP contribution in [0.3, 0.4) is 0 Å². The fourth-order valence-electron chi connectivity index (χ4n) is 4.51. The molecule has 0 saturated carbocycles. The van der Waals surface area contributed by atoms with Crippen molar-refractivity contribution in [3.05, 3.63) is 65.6 Å². The highest BCUT2D eigenvalue weighted by molar-refractivity contribution is 5.98. The topological polar surface area (TPSA) is 48.6 Å². The van der Waals surface area contributed by atoms with E-state index in [9.17, 15) is 9.18 Å². The number of aromatic nitrogens is 1. The van der Waals surface area contributed by atoms with Gasteiger partial charge in [0.25, 0.3) is 5.91 Å². The molecule has 1 amide bonds. The predicted molar refractivity (Wildman–Crippen MR) is 121 cm³/mol. The van der Waals surface area contributed by atoms with Gasteiger partial charge in [-0.2, -0.15) is 0 Å². The van der Waals surface area contributed by atoms with Crippen LogP contribution in [-0.4, -0.2) is 54.0 Å². The van der Waals surface area contributed by atoms with Crippen molar-refractivity contribution in [2.24, 2.45) is 5.92 Å². The van der Waals surface area contributed by atoms with Gasteiger partial charge in [0.15, 0.2) is 0 Å². The number of halogens is 1. The SMILES string of the molecule is CCN(CC1CCCN(Cc2ccc(OC)cc2)C1)C(=O)c1cc2cccc(F)c2[nH]1. The third-order valence-corrected chi connectivity index (χ3v) is 6.15. The molecule has 2 heterocycles. The predicted octanol–water partition coefficient (Wildman–Crippen LogP) is 4.69. The van der Waals surface area contributed by atoms with Crippen molar-refractivity contribution in [2.75, 3.05) is 33.3 Å². The van der Waals surface area contributed by atoms with E-state index in [-0.39, 0.29) is 11.7 Å². The minimum atomic E-state index is -0.332. The Hall–Kier alpha value is -2.86.